The molecule has 1 aromatic carbocycles. The summed E-state index contributed by atoms with van der Waals surface area (Å²) >= 11 is 13.9. The quantitative estimate of drug-likeness (QED) is 0.243. The van der Waals surface area contributed by atoms with Crippen LogP contribution in [0.1, 0.15) is 12.5 Å². The van der Waals surface area contributed by atoms with Crippen LogP contribution in [0.25, 0.3) is 0 Å². The van der Waals surface area contributed by atoms with Crippen LogP contribution in [0.15, 0.2) is 30.3 Å². The molecule has 1 aliphatic heterocycles. The molecule has 10 heteroatoms. The van der Waals surface area contributed by atoms with Crippen LogP contribution in [-0.4, -0.2) is 48.4 Å². The lowest BCUT2D eigenvalue weighted by Gasteiger charge is -2.32. The molecule has 0 atom stereocenters. The van der Waals surface area contributed by atoms with Crippen molar-refractivity contribution < 1.29 is 14.9 Å². The monoisotopic (exact) mass is 361 g/mol. The molecule has 1 aromatic rings. The Kier molecular flexibility index (Phi) is 6.45. The first-order valence-electron chi connectivity index (χ1n) is 6.11. The molecule has 0 bridgehead atoms. The summed E-state index contributed by atoms with van der Waals surface area (Å²) in [6.07, 6.45) is 0. The Morgan fingerprint density at radius 2 is 1.86 bits per heavy atom. The summed E-state index contributed by atoms with van der Waals surface area (Å²) in [4.78, 5) is 22.0. The average molecular weight is 361 g/mol. The van der Waals surface area contributed by atoms with Gasteiger partial charge in [-0.3, -0.25) is 4.79 Å². The highest BCUT2D eigenvalue weighted by Gasteiger charge is 2.49. The van der Waals surface area contributed by atoms with Crippen molar-refractivity contribution in [1.82, 2.24) is 9.91 Å². The molecule has 0 unspecified atom stereocenters. The van der Waals surface area contributed by atoms with Crippen molar-refractivity contribution in [2.75, 3.05) is 13.1 Å². The van der Waals surface area contributed by atoms with Gasteiger partial charge in [-0.15, -0.1) is 25.3 Å². The van der Waals surface area contributed by atoms with Crippen molar-refractivity contribution in [3.05, 3.63) is 46.0 Å². The molecule has 0 spiro atoms. The molecule has 1 aliphatic rings. The fourth-order valence-corrected chi connectivity index (χ4v) is 3.04. The first-order valence-corrected chi connectivity index (χ1v) is 7.41. The van der Waals surface area contributed by atoms with E-state index in [0.29, 0.717) is 11.5 Å². The van der Waals surface area contributed by atoms with E-state index >= 15 is 0 Å². The smallest absolute Gasteiger partial charge is 0.300 e. The van der Waals surface area contributed by atoms with Crippen molar-refractivity contribution in [1.29, 1.82) is 0 Å². The van der Waals surface area contributed by atoms with Gasteiger partial charge < -0.3 is 10.0 Å². The van der Waals surface area contributed by atoms with Crippen molar-refractivity contribution in [2.45, 2.75) is 11.3 Å². The fourth-order valence-electron chi connectivity index (χ4n) is 1.80. The van der Waals surface area contributed by atoms with Crippen LogP contribution in [0.5, 0.6) is 0 Å². The van der Waals surface area contributed by atoms with Gasteiger partial charge in [0, 0.05) is 19.0 Å². The van der Waals surface area contributed by atoms with Crippen molar-refractivity contribution >= 4 is 48.4 Å². The number of thiocarbonyl (C=S) groups is 1. The SMILES string of the molecule is CC(=O)O.O=[N+]([O-])N1CCN(C(=S)c2ccccc2)C1(S)S. The number of hydrazine groups is 1. The van der Waals surface area contributed by atoms with Crippen LogP contribution in [0, 0.1) is 10.1 Å². The number of aliphatic carboxylic acids is 1. The van der Waals surface area contributed by atoms with Gasteiger partial charge in [0.15, 0.2) is 5.03 Å². The minimum atomic E-state index is -1.31. The molecule has 0 saturated carbocycles. The van der Waals surface area contributed by atoms with E-state index in [-0.39, 0.29) is 6.54 Å². The Labute approximate surface area is 143 Å². The van der Waals surface area contributed by atoms with E-state index in [9.17, 15) is 10.1 Å². The average Bonchev–Trinajstić information content (AvgIpc) is 2.73. The molecule has 7 nitrogen and oxygen atoms in total. The molecule has 0 amide bonds. The number of nitro groups is 1. The van der Waals surface area contributed by atoms with Crippen molar-refractivity contribution in [2.24, 2.45) is 0 Å². The van der Waals surface area contributed by atoms with Gasteiger partial charge in [-0.25, -0.2) is 10.1 Å². The van der Waals surface area contributed by atoms with Crippen LogP contribution in [-0.2, 0) is 4.79 Å². The normalized spacial score (nSPS) is 15.8. The standard InChI is InChI=1S/C10H11N3O2S3.C2H4O2/c14-13(15)12-7-6-11(10(12,17)18)9(16)8-4-2-1-3-5-8;1-2(3)4/h1-5,17-18H,6-7H2;1H3,(H,3,4). The maximum absolute atomic E-state index is 10.9. The molecule has 0 aromatic heterocycles. The molecule has 0 radical (unpaired) electrons. The summed E-state index contributed by atoms with van der Waals surface area (Å²) < 4.78 is -1.31. The van der Waals surface area contributed by atoms with Gasteiger partial charge >= 0.3 is 0 Å². The second-order valence-electron chi connectivity index (χ2n) is 4.30. The van der Waals surface area contributed by atoms with Crippen LogP contribution in [0.3, 0.4) is 0 Å². The molecule has 120 valence electrons. The molecule has 2 rings (SSSR count). The summed E-state index contributed by atoms with van der Waals surface area (Å²) in [5, 5.41) is 18.7. The maximum Gasteiger partial charge on any atom is 0.300 e. The molecule has 1 saturated heterocycles. The highest BCUT2D eigenvalue weighted by Crippen LogP contribution is 2.35. The maximum atomic E-state index is 10.9. The molecule has 1 fully saturated rings. The van der Waals surface area contributed by atoms with Crippen LogP contribution in [0.2, 0.25) is 0 Å². The fraction of sp³-hybridized carbons (Fsp3) is 0.333. The van der Waals surface area contributed by atoms with E-state index in [1.807, 2.05) is 30.3 Å². The zero-order valence-corrected chi connectivity index (χ0v) is 14.2. The third kappa shape index (κ3) is 4.49. The van der Waals surface area contributed by atoms with Crippen molar-refractivity contribution in [3.63, 3.8) is 0 Å². The third-order valence-corrected chi connectivity index (χ3v) is 4.11. The Morgan fingerprint density at radius 1 is 1.36 bits per heavy atom. The number of carbonyl (C=O) groups is 1. The largest absolute Gasteiger partial charge is 0.481 e. The topological polar surface area (TPSA) is 86.9 Å². The number of benzene rings is 1. The summed E-state index contributed by atoms with van der Waals surface area (Å²) in [5.74, 6) is -0.833. The number of thiol groups is 2. The van der Waals surface area contributed by atoms with Gasteiger partial charge in [-0.2, -0.15) is 0 Å². The van der Waals surface area contributed by atoms with E-state index < -0.39 is 15.3 Å². The first kappa shape index (κ1) is 18.5. The number of hydrogen-bond acceptors (Lipinski definition) is 6. The number of rotatable bonds is 2. The van der Waals surface area contributed by atoms with E-state index in [1.165, 1.54) is 0 Å². The number of nitrogens with zero attached hydrogens (tertiary/aromatic N) is 3. The molecular weight excluding hydrogens is 346 g/mol. The highest BCUT2D eigenvalue weighted by atomic mass is 32.2. The third-order valence-electron chi connectivity index (χ3n) is 2.71. The lowest BCUT2D eigenvalue weighted by Crippen LogP contribution is -2.48. The summed E-state index contributed by atoms with van der Waals surface area (Å²) in [7, 11) is 0. The Hall–Kier alpha value is -1.52. The van der Waals surface area contributed by atoms with Gasteiger partial charge in [0.2, 0.25) is 0 Å². The highest BCUT2D eigenvalue weighted by molar-refractivity contribution is 8.00. The summed E-state index contributed by atoms with van der Waals surface area (Å²) in [6, 6.07) is 9.32. The van der Waals surface area contributed by atoms with Gasteiger partial charge in [0.25, 0.3) is 10.3 Å². The second kappa shape index (κ2) is 7.65. The van der Waals surface area contributed by atoms with Crippen molar-refractivity contribution in [3.8, 4) is 0 Å². The first-order chi connectivity index (χ1) is 10.2. The summed E-state index contributed by atoms with van der Waals surface area (Å²) in [6.45, 7) is 1.73. The number of hydrogen-bond donors (Lipinski definition) is 3. The van der Waals surface area contributed by atoms with Gasteiger partial charge in [-0.05, 0) is 0 Å². The number of carboxylic acid groups (broad SMARTS) is 1. The Bertz CT molecular complexity index is 564. The molecule has 1 N–H and O–H groups in total. The van der Waals surface area contributed by atoms with Crippen LogP contribution >= 0.6 is 37.5 Å². The lowest BCUT2D eigenvalue weighted by atomic mass is 10.2. The predicted octanol–water partition coefficient (Wildman–Crippen LogP) is 1.73. The zero-order valence-electron chi connectivity index (χ0n) is 11.6. The van der Waals surface area contributed by atoms with Gasteiger partial charge in [-0.1, -0.05) is 47.6 Å². The molecule has 22 heavy (non-hydrogen) atoms. The van der Waals surface area contributed by atoms with Crippen LogP contribution in [0.4, 0.5) is 0 Å². The number of carboxylic acids is 1. The van der Waals surface area contributed by atoms with E-state index in [1.54, 1.807) is 4.90 Å². The van der Waals surface area contributed by atoms with Gasteiger partial charge in [0.1, 0.15) is 11.5 Å². The van der Waals surface area contributed by atoms with Gasteiger partial charge in [0.05, 0.1) is 0 Å². The molecular formula is C12H15N3O4S3. The Balaban J connectivity index is 0.000000541. The van der Waals surface area contributed by atoms with Crippen LogP contribution < -0.4 is 0 Å². The van der Waals surface area contributed by atoms with E-state index in [4.69, 9.17) is 22.1 Å². The predicted molar refractivity (Wildman–Crippen MR) is 92.6 cm³/mol. The zero-order chi connectivity index (χ0) is 16.9. The lowest BCUT2D eigenvalue weighted by molar-refractivity contribution is -0.658. The molecule has 0 aliphatic carbocycles. The second-order valence-corrected chi connectivity index (χ2v) is 6.29. The van der Waals surface area contributed by atoms with E-state index in [0.717, 1.165) is 17.5 Å². The Morgan fingerprint density at radius 3 is 2.27 bits per heavy atom. The minimum absolute atomic E-state index is 0.229. The molecule has 1 heterocycles. The van der Waals surface area contributed by atoms with E-state index in [2.05, 4.69) is 25.3 Å². The minimum Gasteiger partial charge on any atom is -0.481 e. The summed E-state index contributed by atoms with van der Waals surface area (Å²) in [5.41, 5.74) is 0.824.